The molecular formula is C17H17Cl2F3N2O5. The average molecular weight is 457 g/mol. The van der Waals surface area contributed by atoms with Crippen LogP contribution in [0.2, 0.25) is 10.0 Å². The van der Waals surface area contributed by atoms with Crippen molar-refractivity contribution in [2.75, 3.05) is 5.73 Å². The summed E-state index contributed by atoms with van der Waals surface area (Å²) < 4.78 is 31.7. The lowest BCUT2D eigenvalue weighted by molar-refractivity contribution is -0.192. The lowest BCUT2D eigenvalue weighted by Gasteiger charge is -2.59. The normalized spacial score (nSPS) is 18.5. The number of nitrogens with two attached hydrogens (primary N) is 1. The molecule has 2 aliphatic carbocycles. The Morgan fingerprint density at radius 1 is 1.10 bits per heavy atom. The van der Waals surface area contributed by atoms with E-state index in [0.717, 1.165) is 19.3 Å². The van der Waals surface area contributed by atoms with Crippen molar-refractivity contribution in [3.05, 3.63) is 27.7 Å². The van der Waals surface area contributed by atoms with Gasteiger partial charge in [-0.15, -0.1) is 0 Å². The van der Waals surface area contributed by atoms with Crippen LogP contribution in [-0.2, 0) is 9.59 Å². The summed E-state index contributed by atoms with van der Waals surface area (Å²) in [6.45, 7) is 0. The largest absolute Gasteiger partial charge is 0.490 e. The molecule has 0 unspecified atom stereocenters. The predicted molar refractivity (Wildman–Crippen MR) is 97.9 cm³/mol. The van der Waals surface area contributed by atoms with Crippen LogP contribution < -0.4 is 11.1 Å². The molecular weight excluding hydrogens is 440 g/mol. The summed E-state index contributed by atoms with van der Waals surface area (Å²) in [6, 6.07) is 2.92. The van der Waals surface area contributed by atoms with Crippen molar-refractivity contribution in [2.24, 2.45) is 5.41 Å². The van der Waals surface area contributed by atoms with Crippen molar-refractivity contribution in [2.45, 2.75) is 43.8 Å². The van der Waals surface area contributed by atoms with Crippen LogP contribution in [0.25, 0.3) is 0 Å². The number of carboxylic acids is 2. The minimum Gasteiger partial charge on any atom is -0.480 e. The van der Waals surface area contributed by atoms with Crippen molar-refractivity contribution in [3.8, 4) is 0 Å². The zero-order valence-electron chi connectivity index (χ0n) is 14.8. The van der Waals surface area contributed by atoms with E-state index in [4.69, 9.17) is 38.8 Å². The molecule has 0 saturated heterocycles. The van der Waals surface area contributed by atoms with Gasteiger partial charge in [-0.1, -0.05) is 29.6 Å². The van der Waals surface area contributed by atoms with Crippen LogP contribution in [0.1, 0.15) is 42.5 Å². The SMILES string of the molecule is Nc1c(Cl)ccc(C(=O)NC2(C(=O)O)CC3(CCC3)C2)c1Cl.O=C(O)C(F)(F)F. The van der Waals surface area contributed by atoms with Crippen molar-refractivity contribution >= 4 is 46.7 Å². The van der Waals surface area contributed by atoms with E-state index in [-0.39, 0.29) is 26.7 Å². The van der Waals surface area contributed by atoms with Crippen LogP contribution in [0.15, 0.2) is 12.1 Å². The number of carbonyl (C=O) groups is 3. The first-order chi connectivity index (χ1) is 13.2. The van der Waals surface area contributed by atoms with Gasteiger partial charge in [-0.3, -0.25) is 4.79 Å². The van der Waals surface area contributed by atoms with Crippen LogP contribution in [0.4, 0.5) is 18.9 Å². The maximum atomic E-state index is 12.4. The molecule has 1 aromatic rings. The molecule has 160 valence electrons. The van der Waals surface area contributed by atoms with Crippen LogP contribution in [-0.4, -0.2) is 39.8 Å². The van der Waals surface area contributed by atoms with Gasteiger partial charge < -0.3 is 21.3 Å². The highest BCUT2D eigenvalue weighted by Crippen LogP contribution is 2.60. The number of carboxylic acid groups (broad SMARTS) is 2. The van der Waals surface area contributed by atoms with Crippen LogP contribution in [0.3, 0.4) is 0 Å². The Bertz CT molecular complexity index is 848. The summed E-state index contributed by atoms with van der Waals surface area (Å²) in [6.07, 6.45) is -0.939. The first kappa shape index (κ1) is 23.1. The Morgan fingerprint density at radius 3 is 2.00 bits per heavy atom. The number of nitrogen functional groups attached to an aromatic ring is 1. The second kappa shape index (κ2) is 7.91. The summed E-state index contributed by atoms with van der Waals surface area (Å²) >= 11 is 11.9. The molecule has 1 spiro atoms. The van der Waals surface area contributed by atoms with Gasteiger partial charge in [0.15, 0.2) is 0 Å². The van der Waals surface area contributed by atoms with E-state index in [0.29, 0.717) is 12.8 Å². The first-order valence-electron chi connectivity index (χ1n) is 8.33. The lowest BCUT2D eigenvalue weighted by atomic mass is 9.48. The highest BCUT2D eigenvalue weighted by Gasteiger charge is 2.61. The molecule has 1 aromatic carbocycles. The molecule has 29 heavy (non-hydrogen) atoms. The molecule has 0 aromatic heterocycles. The van der Waals surface area contributed by atoms with Gasteiger partial charge in [-0.2, -0.15) is 13.2 Å². The van der Waals surface area contributed by atoms with Gasteiger partial charge in [0.05, 0.1) is 21.3 Å². The minimum absolute atomic E-state index is 0.0446. The van der Waals surface area contributed by atoms with Crippen molar-refractivity contribution in [3.63, 3.8) is 0 Å². The number of anilines is 1. The van der Waals surface area contributed by atoms with Crippen LogP contribution >= 0.6 is 23.2 Å². The third-order valence-electron chi connectivity index (χ3n) is 5.14. The van der Waals surface area contributed by atoms with E-state index in [1.807, 2.05) is 0 Å². The zero-order chi connectivity index (χ0) is 22.2. The van der Waals surface area contributed by atoms with E-state index >= 15 is 0 Å². The molecule has 3 rings (SSSR count). The molecule has 2 fully saturated rings. The Labute approximate surface area is 173 Å². The van der Waals surface area contributed by atoms with Gasteiger partial charge in [-0.05, 0) is 43.2 Å². The van der Waals surface area contributed by atoms with Crippen molar-refractivity contribution in [1.29, 1.82) is 0 Å². The molecule has 12 heteroatoms. The molecule has 2 aliphatic rings. The number of benzene rings is 1. The zero-order valence-corrected chi connectivity index (χ0v) is 16.3. The van der Waals surface area contributed by atoms with Gasteiger partial charge in [0.1, 0.15) is 5.54 Å². The Hall–Kier alpha value is -2.20. The third-order valence-corrected chi connectivity index (χ3v) is 5.88. The van der Waals surface area contributed by atoms with Gasteiger partial charge in [0, 0.05) is 0 Å². The van der Waals surface area contributed by atoms with E-state index in [9.17, 15) is 27.9 Å². The minimum atomic E-state index is -5.08. The lowest BCUT2D eigenvalue weighted by Crippen LogP contribution is -2.68. The Balaban J connectivity index is 0.000000370. The van der Waals surface area contributed by atoms with Gasteiger partial charge >= 0.3 is 18.1 Å². The summed E-state index contributed by atoms with van der Waals surface area (Å²) in [5.74, 6) is -4.30. The summed E-state index contributed by atoms with van der Waals surface area (Å²) in [5.41, 5.74) is 4.86. The molecule has 1 amide bonds. The highest BCUT2D eigenvalue weighted by atomic mass is 35.5. The van der Waals surface area contributed by atoms with Crippen LogP contribution in [0.5, 0.6) is 0 Å². The van der Waals surface area contributed by atoms with Crippen LogP contribution in [0, 0.1) is 5.41 Å². The summed E-state index contributed by atoms with van der Waals surface area (Å²) in [7, 11) is 0. The number of alkyl halides is 3. The average Bonchev–Trinajstić information content (AvgIpc) is 2.53. The van der Waals surface area contributed by atoms with E-state index < -0.39 is 29.6 Å². The third kappa shape index (κ3) is 4.69. The maximum absolute atomic E-state index is 12.4. The number of carbonyl (C=O) groups excluding carboxylic acids is 1. The number of amides is 1. The summed E-state index contributed by atoms with van der Waals surface area (Å²) in [4.78, 5) is 32.9. The van der Waals surface area contributed by atoms with Crippen molar-refractivity contribution < 1.29 is 37.8 Å². The quantitative estimate of drug-likeness (QED) is 0.512. The number of hydrogen-bond donors (Lipinski definition) is 4. The van der Waals surface area contributed by atoms with Gasteiger partial charge in [-0.25, -0.2) is 9.59 Å². The predicted octanol–water partition coefficient (Wildman–Crippen LogP) is 3.73. The van der Waals surface area contributed by atoms with E-state index in [1.165, 1.54) is 12.1 Å². The smallest absolute Gasteiger partial charge is 0.480 e. The Morgan fingerprint density at radius 2 is 1.62 bits per heavy atom. The molecule has 7 nitrogen and oxygen atoms in total. The maximum Gasteiger partial charge on any atom is 0.490 e. The fraction of sp³-hybridized carbons (Fsp3) is 0.471. The molecule has 0 atom stereocenters. The second-order valence-electron chi connectivity index (χ2n) is 7.17. The molecule has 0 heterocycles. The first-order valence-corrected chi connectivity index (χ1v) is 9.08. The van der Waals surface area contributed by atoms with Crippen molar-refractivity contribution in [1.82, 2.24) is 5.32 Å². The molecule has 0 bridgehead atoms. The summed E-state index contributed by atoms with van der Waals surface area (Å²) in [5, 5.41) is 19.6. The van der Waals surface area contributed by atoms with E-state index in [2.05, 4.69) is 5.32 Å². The molecule has 0 radical (unpaired) electrons. The molecule has 0 aliphatic heterocycles. The van der Waals surface area contributed by atoms with Gasteiger partial charge in [0.2, 0.25) is 0 Å². The topological polar surface area (TPSA) is 130 Å². The Kier molecular flexibility index (Phi) is 6.29. The highest BCUT2D eigenvalue weighted by molar-refractivity contribution is 6.40. The van der Waals surface area contributed by atoms with E-state index in [1.54, 1.807) is 0 Å². The number of rotatable bonds is 3. The monoisotopic (exact) mass is 456 g/mol. The number of halogens is 5. The standard InChI is InChI=1S/C15H16Cl2N2O3.C2HF3O2/c16-9-3-2-8(10(17)11(9)18)12(20)19-15(13(21)22)6-14(7-15)4-1-5-14;3-2(4,5)1(6)7/h2-3H,1,4-7,18H2,(H,19,20)(H,21,22);(H,6,7). The fourth-order valence-corrected chi connectivity index (χ4v) is 4.04. The fourth-order valence-electron chi connectivity index (χ4n) is 3.58. The second-order valence-corrected chi connectivity index (χ2v) is 7.96. The number of nitrogens with one attached hydrogen (secondary N) is 1. The van der Waals surface area contributed by atoms with Gasteiger partial charge in [0.25, 0.3) is 5.91 Å². The molecule has 2 saturated carbocycles. The number of hydrogen-bond acceptors (Lipinski definition) is 4. The number of aliphatic carboxylic acids is 2. The molecule has 5 N–H and O–H groups in total.